The first kappa shape index (κ1) is 15.7. The van der Waals surface area contributed by atoms with Crippen LogP contribution in [0.1, 0.15) is 25.3 Å². The van der Waals surface area contributed by atoms with Crippen molar-refractivity contribution in [3.8, 4) is 0 Å². The van der Waals surface area contributed by atoms with Crippen molar-refractivity contribution in [3.63, 3.8) is 0 Å². The summed E-state index contributed by atoms with van der Waals surface area (Å²) in [5.41, 5.74) is 6.06. The average molecular weight is 333 g/mol. The largest absolute Gasteiger partial charge is 0.389 e. The normalized spacial score (nSPS) is 18.1. The zero-order valence-electron chi connectivity index (χ0n) is 11.2. The lowest BCUT2D eigenvalue weighted by atomic mass is 10.0. The van der Waals surface area contributed by atoms with Gasteiger partial charge >= 0.3 is 0 Å². The van der Waals surface area contributed by atoms with Gasteiger partial charge < -0.3 is 5.73 Å². The van der Waals surface area contributed by atoms with E-state index in [0.29, 0.717) is 24.6 Å². The summed E-state index contributed by atoms with van der Waals surface area (Å²) in [6.45, 7) is 3.18. The van der Waals surface area contributed by atoms with Gasteiger partial charge in [-0.25, -0.2) is 8.42 Å². The van der Waals surface area contributed by atoms with Gasteiger partial charge in [-0.15, -0.1) is 0 Å². The molecular weight excluding hydrogens is 316 g/mol. The number of thiocarbonyl (C=S) groups is 1. The maximum absolute atomic E-state index is 12.6. The second-order valence-corrected chi connectivity index (χ2v) is 7.85. The molecular formula is C13H17ClN2O2S2. The number of benzene rings is 1. The van der Waals surface area contributed by atoms with Crippen LogP contribution >= 0.6 is 23.8 Å². The second-order valence-electron chi connectivity index (χ2n) is 5.10. The molecule has 1 aliphatic rings. The van der Waals surface area contributed by atoms with E-state index in [0.717, 1.165) is 12.8 Å². The first-order valence-electron chi connectivity index (χ1n) is 6.42. The molecule has 0 aromatic heterocycles. The maximum Gasteiger partial charge on any atom is 0.244 e. The molecule has 0 spiro atoms. The van der Waals surface area contributed by atoms with Gasteiger partial charge in [-0.3, -0.25) is 0 Å². The van der Waals surface area contributed by atoms with Crippen molar-refractivity contribution in [2.24, 2.45) is 11.7 Å². The van der Waals surface area contributed by atoms with Crippen LogP contribution in [0.4, 0.5) is 0 Å². The number of piperidine rings is 1. The van der Waals surface area contributed by atoms with Gasteiger partial charge in [0.1, 0.15) is 9.88 Å². The van der Waals surface area contributed by atoms with Crippen molar-refractivity contribution in [1.82, 2.24) is 4.31 Å². The summed E-state index contributed by atoms with van der Waals surface area (Å²) in [6.07, 6.45) is 1.73. The number of hydrogen-bond acceptors (Lipinski definition) is 3. The minimum absolute atomic E-state index is 0.0824. The van der Waals surface area contributed by atoms with Crippen LogP contribution in [0.25, 0.3) is 0 Å². The van der Waals surface area contributed by atoms with Crippen molar-refractivity contribution in [2.75, 3.05) is 13.1 Å². The molecule has 1 aromatic rings. The Morgan fingerprint density at radius 1 is 1.40 bits per heavy atom. The van der Waals surface area contributed by atoms with Crippen molar-refractivity contribution in [1.29, 1.82) is 0 Å². The van der Waals surface area contributed by atoms with Gasteiger partial charge in [0.2, 0.25) is 10.0 Å². The van der Waals surface area contributed by atoms with Crippen LogP contribution in [-0.2, 0) is 10.0 Å². The molecule has 0 unspecified atom stereocenters. The van der Waals surface area contributed by atoms with Crippen molar-refractivity contribution in [2.45, 2.75) is 24.7 Å². The Morgan fingerprint density at radius 3 is 2.55 bits per heavy atom. The average Bonchev–Trinajstić information content (AvgIpc) is 2.39. The Kier molecular flexibility index (Phi) is 4.69. The van der Waals surface area contributed by atoms with Crippen molar-refractivity contribution in [3.05, 3.63) is 28.8 Å². The molecule has 1 heterocycles. The number of hydrogen-bond donors (Lipinski definition) is 1. The molecule has 0 saturated carbocycles. The Morgan fingerprint density at radius 2 is 2.00 bits per heavy atom. The van der Waals surface area contributed by atoms with Gasteiger partial charge in [0.05, 0.1) is 5.02 Å². The SMILES string of the molecule is CC1CCN(S(=O)(=O)c2cc(C(N)=S)ccc2Cl)CC1. The summed E-state index contributed by atoms with van der Waals surface area (Å²) in [4.78, 5) is 0.240. The van der Waals surface area contributed by atoms with Gasteiger partial charge in [0, 0.05) is 18.7 Å². The van der Waals surface area contributed by atoms with Crippen LogP contribution in [0, 0.1) is 5.92 Å². The maximum atomic E-state index is 12.6. The molecule has 2 rings (SSSR count). The molecule has 0 radical (unpaired) electrons. The van der Waals surface area contributed by atoms with Crippen LogP contribution < -0.4 is 5.73 Å². The molecule has 4 nitrogen and oxygen atoms in total. The fourth-order valence-corrected chi connectivity index (χ4v) is 4.32. The summed E-state index contributed by atoms with van der Waals surface area (Å²) < 4.78 is 26.8. The lowest BCUT2D eigenvalue weighted by Gasteiger charge is -2.29. The molecule has 0 aliphatic carbocycles. The van der Waals surface area contributed by atoms with E-state index in [9.17, 15) is 8.42 Å². The van der Waals surface area contributed by atoms with Gasteiger partial charge in [0.15, 0.2) is 0 Å². The standard InChI is InChI=1S/C13H17ClN2O2S2/c1-9-4-6-16(7-5-9)20(17,18)12-8-10(13(15)19)2-3-11(12)14/h2-3,8-9H,4-7H2,1H3,(H2,15,19). The van der Waals surface area contributed by atoms with E-state index < -0.39 is 10.0 Å². The van der Waals surface area contributed by atoms with Crippen molar-refractivity contribution >= 4 is 38.8 Å². The third kappa shape index (κ3) is 3.14. The zero-order valence-corrected chi connectivity index (χ0v) is 13.6. The van der Waals surface area contributed by atoms with Crippen LogP contribution in [0.15, 0.2) is 23.1 Å². The summed E-state index contributed by atoms with van der Waals surface area (Å²) in [7, 11) is -3.59. The molecule has 1 aliphatic heterocycles. The van der Waals surface area contributed by atoms with Gasteiger partial charge in [-0.2, -0.15) is 4.31 Å². The summed E-state index contributed by atoms with van der Waals surface area (Å²) in [5, 5.41) is 0.198. The number of nitrogens with two attached hydrogens (primary N) is 1. The number of halogens is 1. The topological polar surface area (TPSA) is 63.4 Å². The minimum atomic E-state index is -3.59. The fourth-order valence-electron chi connectivity index (χ4n) is 2.22. The van der Waals surface area contributed by atoms with Crippen molar-refractivity contribution < 1.29 is 8.42 Å². The highest BCUT2D eigenvalue weighted by Crippen LogP contribution is 2.28. The highest BCUT2D eigenvalue weighted by Gasteiger charge is 2.30. The highest BCUT2D eigenvalue weighted by atomic mass is 35.5. The van der Waals surface area contributed by atoms with Crippen LogP contribution in [0.2, 0.25) is 5.02 Å². The molecule has 1 fully saturated rings. The molecule has 7 heteroatoms. The Labute approximate surface area is 130 Å². The van der Waals surface area contributed by atoms with Crippen LogP contribution in [0.5, 0.6) is 0 Å². The number of sulfonamides is 1. The highest BCUT2D eigenvalue weighted by molar-refractivity contribution is 7.89. The minimum Gasteiger partial charge on any atom is -0.389 e. The summed E-state index contributed by atoms with van der Waals surface area (Å²) in [6, 6.07) is 4.61. The molecule has 2 N–H and O–H groups in total. The fraction of sp³-hybridized carbons (Fsp3) is 0.462. The molecule has 0 bridgehead atoms. The Balaban J connectivity index is 2.38. The first-order valence-corrected chi connectivity index (χ1v) is 8.64. The Hall–Kier alpha value is -0.690. The molecule has 20 heavy (non-hydrogen) atoms. The molecule has 0 atom stereocenters. The van der Waals surface area contributed by atoms with Gasteiger partial charge in [-0.1, -0.05) is 36.8 Å². The predicted octanol–water partition coefficient (Wildman–Crippen LogP) is 2.39. The van der Waals surface area contributed by atoms with Gasteiger partial charge in [0.25, 0.3) is 0 Å². The van der Waals surface area contributed by atoms with E-state index in [-0.39, 0.29) is 14.9 Å². The van der Waals surface area contributed by atoms with E-state index >= 15 is 0 Å². The first-order chi connectivity index (χ1) is 9.32. The monoisotopic (exact) mass is 332 g/mol. The van der Waals surface area contributed by atoms with Crippen LogP contribution in [-0.4, -0.2) is 30.8 Å². The van der Waals surface area contributed by atoms with E-state index in [2.05, 4.69) is 6.92 Å². The molecule has 1 saturated heterocycles. The van der Waals surface area contributed by atoms with E-state index in [1.54, 1.807) is 6.07 Å². The smallest absolute Gasteiger partial charge is 0.244 e. The predicted molar refractivity (Wildman–Crippen MR) is 84.5 cm³/mol. The zero-order chi connectivity index (χ0) is 14.9. The third-order valence-corrected chi connectivity index (χ3v) is 6.19. The quantitative estimate of drug-likeness (QED) is 0.863. The summed E-state index contributed by atoms with van der Waals surface area (Å²) in [5.74, 6) is 0.555. The van der Waals surface area contributed by atoms with Gasteiger partial charge in [-0.05, 0) is 30.9 Å². The number of nitrogens with zero attached hydrogens (tertiary/aromatic N) is 1. The van der Waals surface area contributed by atoms with E-state index in [1.807, 2.05) is 0 Å². The molecule has 110 valence electrons. The third-order valence-electron chi connectivity index (χ3n) is 3.58. The summed E-state index contributed by atoms with van der Waals surface area (Å²) >= 11 is 10.9. The number of rotatable bonds is 3. The van der Waals surface area contributed by atoms with E-state index in [4.69, 9.17) is 29.6 Å². The second kappa shape index (κ2) is 5.97. The lowest BCUT2D eigenvalue weighted by molar-refractivity contribution is 0.288. The molecule has 0 amide bonds. The lowest BCUT2D eigenvalue weighted by Crippen LogP contribution is -2.38. The van der Waals surface area contributed by atoms with E-state index in [1.165, 1.54) is 16.4 Å². The Bertz CT molecular complexity index is 623. The molecule has 1 aromatic carbocycles. The van der Waals surface area contributed by atoms with Crippen LogP contribution in [0.3, 0.4) is 0 Å².